The third-order valence-electron chi connectivity index (χ3n) is 5.26. The van der Waals surface area contributed by atoms with Gasteiger partial charge >= 0.3 is 0 Å². The number of nitrogens with two attached hydrogens (primary N) is 1. The zero-order chi connectivity index (χ0) is 16.9. The van der Waals surface area contributed by atoms with Crippen LogP contribution in [-0.4, -0.2) is 29.3 Å². The zero-order valence-electron chi connectivity index (χ0n) is 14.1. The smallest absolute Gasteiger partial charge is 0.224 e. The number of ether oxygens (including phenoxy) is 1. The molecule has 0 saturated heterocycles. The fourth-order valence-corrected chi connectivity index (χ4v) is 3.78. The van der Waals surface area contributed by atoms with Crippen molar-refractivity contribution in [2.24, 2.45) is 11.7 Å². The maximum atomic E-state index is 12.1. The average Bonchev–Trinajstić information content (AvgIpc) is 2.96. The normalized spacial score (nSPS) is 30.1. The molecule has 5 heteroatoms. The molecule has 24 heavy (non-hydrogen) atoms. The average molecular weight is 332 g/mol. The van der Waals surface area contributed by atoms with Crippen molar-refractivity contribution in [1.29, 1.82) is 0 Å². The standard InChI is InChI=1S/C19H28N2O3/c20-16-5-3-4-13(16)12-19(23)21-14-8-10-15(11-9-14)24-18-7-2-1-6-17(18)22/h8-11,13,16-18,22H,1-7,12,20H2,(H,21,23)/t13-,16+,17?,18?/m0/s1. The Labute approximate surface area is 143 Å². The Hall–Kier alpha value is -1.59. The predicted molar refractivity (Wildman–Crippen MR) is 93.9 cm³/mol. The third-order valence-corrected chi connectivity index (χ3v) is 5.26. The molecule has 3 rings (SSSR count). The summed E-state index contributed by atoms with van der Waals surface area (Å²) in [5, 5.41) is 12.9. The molecular formula is C19H28N2O3. The summed E-state index contributed by atoms with van der Waals surface area (Å²) in [5.41, 5.74) is 6.79. The van der Waals surface area contributed by atoms with Gasteiger partial charge in [-0.1, -0.05) is 12.8 Å². The summed E-state index contributed by atoms with van der Waals surface area (Å²) in [4.78, 5) is 12.1. The van der Waals surface area contributed by atoms with E-state index >= 15 is 0 Å². The number of aliphatic hydroxyl groups excluding tert-OH is 1. The van der Waals surface area contributed by atoms with Crippen molar-refractivity contribution >= 4 is 11.6 Å². The Morgan fingerprint density at radius 2 is 1.88 bits per heavy atom. The van der Waals surface area contributed by atoms with E-state index in [9.17, 15) is 9.90 Å². The molecule has 0 bridgehead atoms. The van der Waals surface area contributed by atoms with Crippen LogP contribution in [-0.2, 0) is 4.79 Å². The molecule has 4 N–H and O–H groups in total. The third kappa shape index (κ3) is 4.48. The molecule has 2 fully saturated rings. The Morgan fingerprint density at radius 1 is 1.12 bits per heavy atom. The van der Waals surface area contributed by atoms with E-state index in [2.05, 4.69) is 5.32 Å². The van der Waals surface area contributed by atoms with E-state index in [0.29, 0.717) is 12.3 Å². The Morgan fingerprint density at radius 3 is 2.54 bits per heavy atom. The van der Waals surface area contributed by atoms with Crippen LogP contribution >= 0.6 is 0 Å². The number of hydrogen-bond acceptors (Lipinski definition) is 4. The second kappa shape index (κ2) is 7.99. The lowest BCUT2D eigenvalue weighted by atomic mass is 9.95. The molecule has 2 saturated carbocycles. The number of rotatable bonds is 5. The van der Waals surface area contributed by atoms with Gasteiger partial charge in [0.25, 0.3) is 0 Å². The molecule has 0 spiro atoms. The molecule has 5 nitrogen and oxygen atoms in total. The first-order valence-corrected chi connectivity index (χ1v) is 9.12. The largest absolute Gasteiger partial charge is 0.488 e. The minimum atomic E-state index is -0.381. The molecule has 1 amide bonds. The van der Waals surface area contributed by atoms with E-state index in [1.165, 1.54) is 0 Å². The van der Waals surface area contributed by atoms with Crippen LogP contribution in [0.25, 0.3) is 0 Å². The monoisotopic (exact) mass is 332 g/mol. The second-order valence-electron chi connectivity index (χ2n) is 7.14. The van der Waals surface area contributed by atoms with Crippen LogP contribution in [0.5, 0.6) is 5.75 Å². The molecule has 0 radical (unpaired) electrons. The molecule has 2 aliphatic carbocycles. The van der Waals surface area contributed by atoms with Gasteiger partial charge in [-0.3, -0.25) is 4.79 Å². The molecule has 132 valence electrons. The van der Waals surface area contributed by atoms with E-state index in [4.69, 9.17) is 10.5 Å². The number of nitrogens with one attached hydrogen (secondary N) is 1. The van der Waals surface area contributed by atoms with Gasteiger partial charge in [-0.05, 0) is 62.3 Å². The molecular weight excluding hydrogens is 304 g/mol. The lowest BCUT2D eigenvalue weighted by molar-refractivity contribution is -0.117. The van der Waals surface area contributed by atoms with Gasteiger partial charge in [0.2, 0.25) is 5.91 Å². The van der Waals surface area contributed by atoms with Crippen molar-refractivity contribution in [1.82, 2.24) is 0 Å². The molecule has 2 unspecified atom stereocenters. The van der Waals surface area contributed by atoms with Crippen molar-refractivity contribution in [2.45, 2.75) is 69.6 Å². The summed E-state index contributed by atoms with van der Waals surface area (Å²) < 4.78 is 5.87. The topological polar surface area (TPSA) is 84.6 Å². The van der Waals surface area contributed by atoms with Crippen LogP contribution in [0.3, 0.4) is 0 Å². The SMILES string of the molecule is N[C@@H]1CCC[C@H]1CC(=O)Nc1ccc(OC2CCCCC2O)cc1. The first kappa shape index (κ1) is 17.2. The van der Waals surface area contributed by atoms with Gasteiger partial charge in [0.1, 0.15) is 11.9 Å². The van der Waals surface area contributed by atoms with Crippen molar-refractivity contribution in [2.75, 3.05) is 5.32 Å². The lowest BCUT2D eigenvalue weighted by Crippen LogP contribution is -2.34. The van der Waals surface area contributed by atoms with Gasteiger partial charge in [0, 0.05) is 18.2 Å². The number of carbonyl (C=O) groups excluding carboxylic acids is 1. The highest BCUT2D eigenvalue weighted by molar-refractivity contribution is 5.90. The summed E-state index contributed by atoms with van der Waals surface area (Å²) in [7, 11) is 0. The van der Waals surface area contributed by atoms with Gasteiger partial charge in [0.05, 0.1) is 6.10 Å². The van der Waals surface area contributed by atoms with Crippen molar-refractivity contribution in [3.8, 4) is 5.75 Å². The first-order chi connectivity index (χ1) is 11.6. The van der Waals surface area contributed by atoms with Crippen LogP contribution in [0.15, 0.2) is 24.3 Å². The second-order valence-corrected chi connectivity index (χ2v) is 7.14. The molecule has 1 aromatic carbocycles. The Bertz CT molecular complexity index is 546. The predicted octanol–water partition coefficient (Wildman–Crippen LogP) is 2.82. The number of benzene rings is 1. The van der Waals surface area contributed by atoms with Crippen molar-refractivity contribution in [3.05, 3.63) is 24.3 Å². The number of anilines is 1. The highest BCUT2D eigenvalue weighted by Gasteiger charge is 2.26. The van der Waals surface area contributed by atoms with E-state index in [0.717, 1.165) is 56.4 Å². The minimum Gasteiger partial charge on any atom is -0.488 e. The van der Waals surface area contributed by atoms with Gasteiger partial charge in [-0.2, -0.15) is 0 Å². The van der Waals surface area contributed by atoms with E-state index in [1.54, 1.807) is 0 Å². The van der Waals surface area contributed by atoms with Gasteiger partial charge in [-0.25, -0.2) is 0 Å². The summed E-state index contributed by atoms with van der Waals surface area (Å²) in [6, 6.07) is 7.54. The molecule has 4 atom stereocenters. The number of amides is 1. The van der Waals surface area contributed by atoms with Gasteiger partial charge in [-0.15, -0.1) is 0 Å². The summed E-state index contributed by atoms with van der Waals surface area (Å²) in [6.45, 7) is 0. The van der Waals surface area contributed by atoms with Crippen LogP contribution in [0.2, 0.25) is 0 Å². The van der Waals surface area contributed by atoms with Gasteiger partial charge in [0.15, 0.2) is 0 Å². The number of carbonyl (C=O) groups is 1. The Balaban J connectivity index is 1.49. The number of aliphatic hydroxyl groups is 1. The van der Waals surface area contributed by atoms with Crippen molar-refractivity contribution in [3.63, 3.8) is 0 Å². The van der Waals surface area contributed by atoms with Crippen LogP contribution in [0.4, 0.5) is 5.69 Å². The van der Waals surface area contributed by atoms with E-state index in [1.807, 2.05) is 24.3 Å². The highest BCUT2D eigenvalue weighted by atomic mass is 16.5. The fourth-order valence-electron chi connectivity index (χ4n) is 3.78. The summed E-state index contributed by atoms with van der Waals surface area (Å²) >= 11 is 0. The maximum absolute atomic E-state index is 12.1. The first-order valence-electron chi connectivity index (χ1n) is 9.12. The highest BCUT2D eigenvalue weighted by Crippen LogP contribution is 2.28. The summed E-state index contributed by atoms with van der Waals surface area (Å²) in [6.07, 6.45) is 7.05. The molecule has 2 aliphatic rings. The lowest BCUT2D eigenvalue weighted by Gasteiger charge is -2.28. The van der Waals surface area contributed by atoms with Gasteiger partial charge < -0.3 is 20.9 Å². The molecule has 0 aromatic heterocycles. The maximum Gasteiger partial charge on any atom is 0.224 e. The number of hydrogen-bond donors (Lipinski definition) is 3. The van der Waals surface area contributed by atoms with Crippen LogP contribution in [0, 0.1) is 5.92 Å². The molecule has 0 heterocycles. The molecule has 1 aromatic rings. The van der Waals surface area contributed by atoms with E-state index < -0.39 is 0 Å². The van der Waals surface area contributed by atoms with E-state index in [-0.39, 0.29) is 24.2 Å². The van der Waals surface area contributed by atoms with Crippen LogP contribution in [0.1, 0.15) is 51.4 Å². The molecule has 0 aliphatic heterocycles. The van der Waals surface area contributed by atoms with Crippen molar-refractivity contribution < 1.29 is 14.6 Å². The van der Waals surface area contributed by atoms with Crippen LogP contribution < -0.4 is 15.8 Å². The zero-order valence-corrected chi connectivity index (χ0v) is 14.1. The fraction of sp³-hybridized carbons (Fsp3) is 0.632. The Kier molecular flexibility index (Phi) is 5.74. The summed E-state index contributed by atoms with van der Waals surface area (Å²) in [5.74, 6) is 1.06. The minimum absolute atomic E-state index is 0.0220. The quantitative estimate of drug-likeness (QED) is 0.774.